The second-order valence-corrected chi connectivity index (χ2v) is 3.16. The Hall–Kier alpha value is -1.03. The van der Waals surface area contributed by atoms with Gasteiger partial charge in [-0.3, -0.25) is 0 Å². The Bertz CT molecular complexity index is 378. The van der Waals surface area contributed by atoms with Crippen LogP contribution in [-0.2, 0) is 7.05 Å². The van der Waals surface area contributed by atoms with E-state index < -0.39 is 0 Å². The number of halogens is 1. The summed E-state index contributed by atoms with van der Waals surface area (Å²) in [5, 5.41) is 0. The summed E-state index contributed by atoms with van der Waals surface area (Å²) in [4.78, 5) is 4.09. The molecule has 2 aromatic heterocycles. The maximum Gasteiger partial charge on any atom is 0.177 e. The van der Waals surface area contributed by atoms with Crippen molar-refractivity contribution in [2.24, 2.45) is 7.05 Å². The van der Waals surface area contributed by atoms with Gasteiger partial charge in [-0.25, -0.2) is 4.98 Å². The molecule has 4 heteroatoms. The summed E-state index contributed by atoms with van der Waals surface area (Å²) in [6, 6.07) is 3.76. The fourth-order valence-corrected chi connectivity index (χ4v) is 1.33. The average Bonchev–Trinajstić information content (AvgIpc) is 2.64. The van der Waals surface area contributed by atoms with E-state index in [1.54, 1.807) is 12.5 Å². The minimum absolute atomic E-state index is 0.800. The van der Waals surface area contributed by atoms with E-state index in [2.05, 4.69) is 20.9 Å². The average molecular weight is 227 g/mol. The van der Waals surface area contributed by atoms with Crippen LogP contribution in [0.1, 0.15) is 0 Å². The molecule has 0 spiro atoms. The Morgan fingerprint density at radius 1 is 1.58 bits per heavy atom. The monoisotopic (exact) mass is 226 g/mol. The van der Waals surface area contributed by atoms with Gasteiger partial charge in [-0.05, 0) is 28.1 Å². The minimum atomic E-state index is 0.800. The summed E-state index contributed by atoms with van der Waals surface area (Å²) >= 11 is 3.31. The highest BCUT2D eigenvalue weighted by molar-refractivity contribution is 9.10. The smallest absolute Gasteiger partial charge is 0.177 e. The van der Waals surface area contributed by atoms with E-state index in [0.717, 1.165) is 16.2 Å². The Morgan fingerprint density at radius 2 is 2.42 bits per heavy atom. The van der Waals surface area contributed by atoms with Crippen molar-refractivity contribution >= 4 is 15.9 Å². The van der Waals surface area contributed by atoms with Gasteiger partial charge in [0.05, 0.1) is 12.5 Å². The molecule has 0 aliphatic rings. The molecule has 0 N–H and O–H groups in total. The van der Waals surface area contributed by atoms with E-state index in [1.807, 2.05) is 23.7 Å². The normalized spacial score (nSPS) is 10.5. The van der Waals surface area contributed by atoms with E-state index >= 15 is 0 Å². The van der Waals surface area contributed by atoms with E-state index in [4.69, 9.17) is 4.42 Å². The zero-order chi connectivity index (χ0) is 8.55. The third kappa shape index (κ3) is 1.08. The number of imidazole rings is 1. The molecule has 2 aromatic rings. The number of nitrogens with zero attached hydrogens (tertiary/aromatic N) is 2. The van der Waals surface area contributed by atoms with Gasteiger partial charge >= 0.3 is 0 Å². The van der Waals surface area contributed by atoms with E-state index in [9.17, 15) is 0 Å². The number of hydrogen-bond acceptors (Lipinski definition) is 2. The van der Waals surface area contributed by atoms with Crippen LogP contribution in [0.3, 0.4) is 0 Å². The third-order valence-electron chi connectivity index (χ3n) is 1.71. The lowest BCUT2D eigenvalue weighted by Gasteiger charge is -1.97. The van der Waals surface area contributed by atoms with Gasteiger partial charge in [-0.1, -0.05) is 0 Å². The van der Waals surface area contributed by atoms with Crippen LogP contribution >= 0.6 is 15.9 Å². The predicted octanol–water partition coefficient (Wildman–Crippen LogP) is 2.44. The summed E-state index contributed by atoms with van der Waals surface area (Å²) in [7, 11) is 1.93. The van der Waals surface area contributed by atoms with Crippen LogP contribution in [0.2, 0.25) is 0 Å². The van der Waals surface area contributed by atoms with E-state index in [1.165, 1.54) is 0 Å². The van der Waals surface area contributed by atoms with Gasteiger partial charge in [0.25, 0.3) is 0 Å². The largest absolute Gasteiger partial charge is 0.463 e. The first-order valence-corrected chi connectivity index (χ1v) is 4.29. The standard InChI is InChI=1S/C8H7BrN2O/c1-11-6(5-10-8(11)9)7-3-2-4-12-7/h2-5H,1H3. The molecule has 0 aromatic carbocycles. The van der Waals surface area contributed by atoms with E-state index in [0.29, 0.717) is 0 Å². The van der Waals surface area contributed by atoms with Gasteiger partial charge in [0.15, 0.2) is 10.5 Å². The van der Waals surface area contributed by atoms with Crippen molar-refractivity contribution in [1.82, 2.24) is 9.55 Å². The Morgan fingerprint density at radius 3 is 2.92 bits per heavy atom. The molecule has 12 heavy (non-hydrogen) atoms. The van der Waals surface area contributed by atoms with Crippen LogP contribution in [0.5, 0.6) is 0 Å². The topological polar surface area (TPSA) is 31.0 Å². The Labute approximate surface area is 78.2 Å². The predicted molar refractivity (Wildman–Crippen MR) is 48.6 cm³/mol. The zero-order valence-corrected chi connectivity index (χ0v) is 8.08. The highest BCUT2D eigenvalue weighted by atomic mass is 79.9. The molecular formula is C8H7BrN2O. The quantitative estimate of drug-likeness (QED) is 0.749. The first-order chi connectivity index (χ1) is 5.79. The van der Waals surface area contributed by atoms with Crippen molar-refractivity contribution < 1.29 is 4.42 Å². The highest BCUT2D eigenvalue weighted by Gasteiger charge is 2.07. The van der Waals surface area contributed by atoms with Crippen molar-refractivity contribution in [1.29, 1.82) is 0 Å². The number of aromatic nitrogens is 2. The molecule has 2 heterocycles. The first kappa shape index (κ1) is 7.61. The van der Waals surface area contributed by atoms with Crippen LogP contribution in [0.4, 0.5) is 0 Å². The summed E-state index contributed by atoms with van der Waals surface area (Å²) in [6.07, 6.45) is 3.42. The molecule has 0 atom stereocenters. The van der Waals surface area contributed by atoms with Crippen molar-refractivity contribution in [2.45, 2.75) is 0 Å². The lowest BCUT2D eigenvalue weighted by Crippen LogP contribution is -1.89. The maximum atomic E-state index is 5.23. The van der Waals surface area contributed by atoms with Gasteiger partial charge in [0.1, 0.15) is 5.69 Å². The molecule has 62 valence electrons. The Kier molecular flexibility index (Phi) is 1.77. The minimum Gasteiger partial charge on any atom is -0.463 e. The fraction of sp³-hybridized carbons (Fsp3) is 0.125. The molecule has 3 nitrogen and oxygen atoms in total. The van der Waals surface area contributed by atoms with Crippen LogP contribution in [0, 0.1) is 0 Å². The summed E-state index contributed by atoms with van der Waals surface area (Å²) in [6.45, 7) is 0. The van der Waals surface area contributed by atoms with E-state index in [-0.39, 0.29) is 0 Å². The molecule has 2 rings (SSSR count). The number of hydrogen-bond donors (Lipinski definition) is 0. The summed E-state index contributed by atoms with van der Waals surface area (Å²) in [5.41, 5.74) is 0.965. The van der Waals surface area contributed by atoms with Gasteiger partial charge in [-0.15, -0.1) is 0 Å². The Balaban J connectivity index is 2.55. The molecular weight excluding hydrogens is 220 g/mol. The number of furan rings is 1. The zero-order valence-electron chi connectivity index (χ0n) is 6.49. The van der Waals surface area contributed by atoms with Crippen LogP contribution in [0.25, 0.3) is 11.5 Å². The first-order valence-electron chi connectivity index (χ1n) is 3.50. The second-order valence-electron chi connectivity index (χ2n) is 2.45. The molecule has 0 amide bonds. The summed E-state index contributed by atoms with van der Waals surface area (Å²) < 4.78 is 7.95. The lowest BCUT2D eigenvalue weighted by atomic mass is 10.3. The third-order valence-corrected chi connectivity index (χ3v) is 2.44. The molecule has 0 saturated heterocycles. The molecule has 0 saturated carbocycles. The second kappa shape index (κ2) is 2.79. The lowest BCUT2D eigenvalue weighted by molar-refractivity contribution is 0.576. The molecule has 0 fully saturated rings. The molecule has 0 aliphatic heterocycles. The van der Waals surface area contributed by atoms with Gasteiger partial charge in [-0.2, -0.15) is 0 Å². The molecule has 0 unspecified atom stereocenters. The highest BCUT2D eigenvalue weighted by Crippen LogP contribution is 2.21. The van der Waals surface area contributed by atoms with Crippen molar-refractivity contribution in [3.05, 3.63) is 29.3 Å². The SMILES string of the molecule is Cn1c(-c2ccco2)cnc1Br. The van der Waals surface area contributed by atoms with Crippen LogP contribution in [-0.4, -0.2) is 9.55 Å². The molecule has 0 radical (unpaired) electrons. The van der Waals surface area contributed by atoms with Gasteiger partial charge in [0.2, 0.25) is 0 Å². The van der Waals surface area contributed by atoms with Crippen molar-refractivity contribution in [3.8, 4) is 11.5 Å². The molecule has 0 aliphatic carbocycles. The summed E-state index contributed by atoms with van der Waals surface area (Å²) in [5.74, 6) is 0.829. The van der Waals surface area contributed by atoms with Gasteiger partial charge in [0, 0.05) is 7.05 Å². The maximum absolute atomic E-state index is 5.23. The molecule has 0 bridgehead atoms. The van der Waals surface area contributed by atoms with Gasteiger partial charge < -0.3 is 8.98 Å². The van der Waals surface area contributed by atoms with Crippen molar-refractivity contribution in [2.75, 3.05) is 0 Å². The van der Waals surface area contributed by atoms with Crippen LogP contribution < -0.4 is 0 Å². The van der Waals surface area contributed by atoms with Crippen LogP contribution in [0.15, 0.2) is 33.7 Å². The fourth-order valence-electron chi connectivity index (χ4n) is 1.04. The van der Waals surface area contributed by atoms with Crippen molar-refractivity contribution in [3.63, 3.8) is 0 Å². The number of rotatable bonds is 1.